The van der Waals surface area contributed by atoms with Gasteiger partial charge in [0.25, 0.3) is 0 Å². The molecule has 0 aliphatic carbocycles. The topological polar surface area (TPSA) is 43.4 Å². The Hall–Kier alpha value is -0.490. The molecule has 0 bridgehead atoms. The molecule has 1 aromatic heterocycles. The number of methoxy groups -OCH3 is 2. The molecule has 0 unspecified atom stereocenters. The number of ether oxygens (including phenoxy) is 2. The zero-order valence-corrected chi connectivity index (χ0v) is 12.1. The normalized spacial score (nSPS) is 12.1. The van der Waals surface area contributed by atoms with Gasteiger partial charge in [-0.2, -0.15) is 0 Å². The summed E-state index contributed by atoms with van der Waals surface area (Å²) in [5.41, 5.74) is 1.12. The van der Waals surface area contributed by atoms with E-state index >= 15 is 0 Å². The minimum atomic E-state index is 0.107. The van der Waals surface area contributed by atoms with Gasteiger partial charge in [-0.15, -0.1) is 11.3 Å². The van der Waals surface area contributed by atoms with Crippen molar-refractivity contribution in [3.63, 3.8) is 0 Å². The highest BCUT2D eigenvalue weighted by Crippen LogP contribution is 2.20. The molecule has 17 heavy (non-hydrogen) atoms. The van der Waals surface area contributed by atoms with Crippen molar-refractivity contribution < 1.29 is 9.47 Å². The third-order valence-corrected chi connectivity index (χ3v) is 3.22. The zero-order valence-electron chi connectivity index (χ0n) is 11.3. The minimum Gasteiger partial charge on any atom is -0.378 e. The van der Waals surface area contributed by atoms with Crippen LogP contribution in [0.1, 0.15) is 36.3 Å². The summed E-state index contributed by atoms with van der Waals surface area (Å²) in [6.07, 6.45) is 0. The molecule has 0 amide bonds. The van der Waals surface area contributed by atoms with Crippen LogP contribution in [-0.2, 0) is 29.2 Å². The molecule has 98 valence electrons. The smallest absolute Gasteiger partial charge is 0.119 e. The molecule has 0 aromatic carbocycles. The van der Waals surface area contributed by atoms with Crippen LogP contribution in [0.3, 0.4) is 0 Å². The highest BCUT2D eigenvalue weighted by atomic mass is 32.1. The van der Waals surface area contributed by atoms with Crippen molar-refractivity contribution in [3.8, 4) is 0 Å². The van der Waals surface area contributed by atoms with Crippen LogP contribution in [-0.4, -0.2) is 24.7 Å². The summed E-state index contributed by atoms with van der Waals surface area (Å²) in [4.78, 5) is 5.75. The number of rotatable bonds is 6. The predicted molar refractivity (Wildman–Crippen MR) is 70.1 cm³/mol. The Morgan fingerprint density at radius 2 is 1.82 bits per heavy atom. The molecule has 1 rings (SSSR count). The van der Waals surface area contributed by atoms with Crippen molar-refractivity contribution in [1.82, 2.24) is 10.3 Å². The molecule has 4 nitrogen and oxygen atoms in total. The van der Waals surface area contributed by atoms with Crippen LogP contribution < -0.4 is 5.32 Å². The van der Waals surface area contributed by atoms with E-state index < -0.39 is 0 Å². The predicted octanol–water partition coefficient (Wildman–Crippen LogP) is 2.32. The Bertz CT molecular complexity index is 345. The molecule has 0 radical (unpaired) electrons. The number of nitrogens with one attached hydrogen (secondary N) is 1. The van der Waals surface area contributed by atoms with Gasteiger partial charge < -0.3 is 14.8 Å². The fourth-order valence-electron chi connectivity index (χ4n) is 1.36. The number of hydrogen-bond donors (Lipinski definition) is 1. The van der Waals surface area contributed by atoms with E-state index in [0.717, 1.165) is 17.2 Å². The fraction of sp³-hybridized carbons (Fsp3) is 0.750. The third-order valence-electron chi connectivity index (χ3n) is 2.15. The standard InChI is InChI=1S/C12H22N2O2S/c1-12(2,3)13-6-10-9(7-15-4)14-11(17-10)8-16-5/h13H,6-8H2,1-5H3. The van der Waals surface area contributed by atoms with Gasteiger partial charge in [-0.1, -0.05) is 0 Å². The molecule has 0 spiro atoms. The Morgan fingerprint density at radius 1 is 1.18 bits per heavy atom. The Morgan fingerprint density at radius 3 is 2.35 bits per heavy atom. The molecular formula is C12H22N2O2S. The van der Waals surface area contributed by atoms with E-state index in [1.807, 2.05) is 0 Å². The number of thiazole rings is 1. The van der Waals surface area contributed by atoms with Crippen LogP contribution in [0, 0.1) is 0 Å². The van der Waals surface area contributed by atoms with Gasteiger partial charge in [0.2, 0.25) is 0 Å². The summed E-state index contributed by atoms with van der Waals surface area (Å²) in [6, 6.07) is 0. The first kappa shape index (κ1) is 14.6. The van der Waals surface area contributed by atoms with Gasteiger partial charge in [-0.05, 0) is 20.8 Å². The van der Waals surface area contributed by atoms with Gasteiger partial charge in [-0.3, -0.25) is 0 Å². The van der Waals surface area contributed by atoms with Gasteiger partial charge in [0.15, 0.2) is 0 Å². The second-order valence-electron chi connectivity index (χ2n) is 4.95. The van der Waals surface area contributed by atoms with E-state index in [0.29, 0.717) is 13.2 Å². The first-order valence-electron chi connectivity index (χ1n) is 5.66. The molecule has 0 saturated heterocycles. The average Bonchev–Trinajstić information content (AvgIpc) is 2.58. The SMILES string of the molecule is COCc1nc(COC)c(CNC(C)(C)C)s1. The second kappa shape index (κ2) is 6.44. The maximum absolute atomic E-state index is 5.17. The van der Waals surface area contributed by atoms with Gasteiger partial charge in [0.05, 0.1) is 18.9 Å². The third kappa shape index (κ3) is 5.12. The fourth-order valence-corrected chi connectivity index (χ4v) is 2.34. The van der Waals surface area contributed by atoms with Crippen LogP contribution in [0.4, 0.5) is 0 Å². The molecule has 1 N–H and O–H groups in total. The summed E-state index contributed by atoms with van der Waals surface area (Å²) < 4.78 is 10.3. The number of nitrogens with zero attached hydrogens (tertiary/aromatic N) is 1. The van der Waals surface area contributed by atoms with E-state index in [4.69, 9.17) is 9.47 Å². The minimum absolute atomic E-state index is 0.107. The molecule has 0 fully saturated rings. The van der Waals surface area contributed by atoms with Crippen molar-refractivity contribution in [2.75, 3.05) is 14.2 Å². The zero-order chi connectivity index (χ0) is 12.9. The van der Waals surface area contributed by atoms with Gasteiger partial charge in [0.1, 0.15) is 5.01 Å². The quantitative estimate of drug-likeness (QED) is 0.850. The molecule has 0 aliphatic heterocycles. The van der Waals surface area contributed by atoms with Crippen molar-refractivity contribution in [2.24, 2.45) is 0 Å². The van der Waals surface area contributed by atoms with Crippen molar-refractivity contribution in [3.05, 3.63) is 15.6 Å². The van der Waals surface area contributed by atoms with Crippen molar-refractivity contribution >= 4 is 11.3 Å². The molecular weight excluding hydrogens is 236 g/mol. The molecule has 1 aromatic rings. The lowest BCUT2D eigenvalue weighted by Gasteiger charge is -2.20. The Labute approximate surface area is 107 Å². The molecule has 0 atom stereocenters. The molecule has 0 aliphatic rings. The summed E-state index contributed by atoms with van der Waals surface area (Å²) in [6.45, 7) is 8.40. The van der Waals surface area contributed by atoms with Crippen LogP contribution in [0.5, 0.6) is 0 Å². The summed E-state index contributed by atoms with van der Waals surface area (Å²) in [5.74, 6) is 0. The summed E-state index contributed by atoms with van der Waals surface area (Å²) in [5, 5.41) is 4.47. The van der Waals surface area contributed by atoms with E-state index in [-0.39, 0.29) is 5.54 Å². The lowest BCUT2D eigenvalue weighted by atomic mass is 10.1. The highest BCUT2D eigenvalue weighted by Gasteiger charge is 2.14. The first-order chi connectivity index (χ1) is 7.96. The number of aromatic nitrogens is 1. The molecule has 5 heteroatoms. The molecule has 1 heterocycles. The van der Waals surface area contributed by atoms with E-state index in [1.54, 1.807) is 25.6 Å². The molecule has 0 saturated carbocycles. The van der Waals surface area contributed by atoms with Crippen molar-refractivity contribution in [2.45, 2.75) is 46.1 Å². The van der Waals surface area contributed by atoms with Crippen molar-refractivity contribution in [1.29, 1.82) is 0 Å². The monoisotopic (exact) mass is 258 g/mol. The average molecular weight is 258 g/mol. The van der Waals surface area contributed by atoms with Gasteiger partial charge in [0, 0.05) is 31.2 Å². The summed E-state index contributed by atoms with van der Waals surface area (Å²) >= 11 is 1.69. The maximum atomic E-state index is 5.17. The van der Waals surface area contributed by atoms with E-state index in [1.165, 1.54) is 4.88 Å². The van der Waals surface area contributed by atoms with E-state index in [9.17, 15) is 0 Å². The van der Waals surface area contributed by atoms with Crippen LogP contribution in [0.15, 0.2) is 0 Å². The van der Waals surface area contributed by atoms with Crippen LogP contribution in [0.2, 0.25) is 0 Å². The number of hydrogen-bond acceptors (Lipinski definition) is 5. The van der Waals surface area contributed by atoms with Crippen LogP contribution >= 0.6 is 11.3 Å². The Balaban J connectivity index is 2.73. The lowest BCUT2D eigenvalue weighted by molar-refractivity contribution is 0.175. The Kier molecular flexibility index (Phi) is 5.52. The highest BCUT2D eigenvalue weighted by molar-refractivity contribution is 7.11. The van der Waals surface area contributed by atoms with Gasteiger partial charge in [-0.25, -0.2) is 4.98 Å². The second-order valence-corrected chi connectivity index (χ2v) is 6.12. The maximum Gasteiger partial charge on any atom is 0.119 e. The first-order valence-corrected chi connectivity index (χ1v) is 6.48. The van der Waals surface area contributed by atoms with E-state index in [2.05, 4.69) is 31.1 Å². The summed E-state index contributed by atoms with van der Waals surface area (Å²) in [7, 11) is 3.38. The van der Waals surface area contributed by atoms with Gasteiger partial charge >= 0.3 is 0 Å². The van der Waals surface area contributed by atoms with Crippen LogP contribution in [0.25, 0.3) is 0 Å². The lowest BCUT2D eigenvalue weighted by Crippen LogP contribution is -2.35. The largest absolute Gasteiger partial charge is 0.378 e.